The summed E-state index contributed by atoms with van der Waals surface area (Å²) in [5, 5.41) is 63.7. The molecule has 2 saturated heterocycles. The molecule has 2 unspecified atom stereocenters. The van der Waals surface area contributed by atoms with Crippen LogP contribution in [0.15, 0.2) is 11.6 Å². The molecule has 0 aromatic heterocycles. The second kappa shape index (κ2) is 15.0. The molecule has 54 heavy (non-hydrogen) atoms. The number of allylic oxidation sites excluding steroid dienone is 1. The molecule has 15 atom stereocenters. The largest absolute Gasteiger partial charge is 0.396 e. The third-order valence-corrected chi connectivity index (χ3v) is 17.8. The first kappa shape index (κ1) is 41.3. The van der Waals surface area contributed by atoms with E-state index in [2.05, 4.69) is 26.1 Å². The maximum absolute atomic E-state index is 14.1. The summed E-state index contributed by atoms with van der Waals surface area (Å²) in [6.07, 6.45) is 17.1. The van der Waals surface area contributed by atoms with E-state index in [1.54, 1.807) is 6.92 Å². The lowest BCUT2D eigenvalue weighted by Gasteiger charge is -2.63. The Kier molecular flexibility index (Phi) is 11.5. The van der Waals surface area contributed by atoms with Gasteiger partial charge in [0.25, 0.3) is 0 Å². The zero-order chi connectivity index (χ0) is 38.9. The maximum Gasteiger partial charge on any atom is 0.159 e. The zero-order valence-corrected chi connectivity index (χ0v) is 34.3. The number of ketones is 1. The summed E-state index contributed by atoms with van der Waals surface area (Å²) < 4.78 is 6.49. The Balaban J connectivity index is 1.19. The average Bonchev–Trinajstić information content (AvgIpc) is 3.91. The molecule has 2 aliphatic heterocycles. The van der Waals surface area contributed by atoms with Crippen LogP contribution in [0.1, 0.15) is 157 Å². The summed E-state index contributed by atoms with van der Waals surface area (Å²) in [6, 6.07) is 0. The molecular weight excluding hydrogens is 681 g/mol. The Bertz CT molecular complexity index is 1400. The van der Waals surface area contributed by atoms with Crippen LogP contribution in [-0.2, 0) is 9.53 Å². The highest BCUT2D eigenvalue weighted by Crippen LogP contribution is 2.72. The zero-order valence-electron chi connectivity index (χ0n) is 34.3. The van der Waals surface area contributed by atoms with E-state index in [9.17, 15) is 30.3 Å². The molecule has 0 aromatic carbocycles. The van der Waals surface area contributed by atoms with Gasteiger partial charge in [-0.2, -0.15) is 0 Å². The minimum Gasteiger partial charge on any atom is -0.396 e. The van der Waals surface area contributed by atoms with Gasteiger partial charge in [0, 0.05) is 16.7 Å². The number of nitrogens with one attached hydrogen (secondary N) is 1. The number of carbonyl (C=O) groups excluding carboxylic acids is 1. The number of piperidine rings is 1. The van der Waals surface area contributed by atoms with E-state index in [0.717, 1.165) is 63.5 Å². The average molecular weight is 757 g/mol. The topological polar surface area (TPSA) is 169 Å². The van der Waals surface area contributed by atoms with E-state index in [0.29, 0.717) is 50.4 Å². The lowest BCUT2D eigenvalue weighted by Crippen LogP contribution is -2.64. The van der Waals surface area contributed by atoms with Crippen LogP contribution in [0.2, 0.25) is 0 Å². The van der Waals surface area contributed by atoms with Crippen molar-refractivity contribution in [1.29, 1.82) is 0 Å². The van der Waals surface area contributed by atoms with Crippen LogP contribution >= 0.6 is 0 Å². The first-order valence-electron chi connectivity index (χ1n) is 22.3. The van der Waals surface area contributed by atoms with E-state index in [1.165, 1.54) is 32.1 Å². The summed E-state index contributed by atoms with van der Waals surface area (Å²) in [5.41, 5.74) is 1.30. The molecule has 0 amide bonds. The minimum absolute atomic E-state index is 0.0273. The second-order valence-corrected chi connectivity index (χ2v) is 21.0. The van der Waals surface area contributed by atoms with E-state index < -0.39 is 45.9 Å². The van der Waals surface area contributed by atoms with Crippen LogP contribution in [-0.4, -0.2) is 85.7 Å². The molecule has 7 aliphatic rings. The van der Waals surface area contributed by atoms with Crippen LogP contribution < -0.4 is 11.1 Å². The number of hydrogen-bond acceptors (Lipinski definition) is 9. The summed E-state index contributed by atoms with van der Waals surface area (Å²) in [5.74, 6) is 0.978. The molecule has 2 heterocycles. The first-order valence-corrected chi connectivity index (χ1v) is 22.3. The molecule has 0 spiro atoms. The molecule has 7 rings (SSSR count). The monoisotopic (exact) mass is 757 g/mol. The van der Waals surface area contributed by atoms with Gasteiger partial charge in [-0.1, -0.05) is 72.6 Å². The summed E-state index contributed by atoms with van der Waals surface area (Å²) in [7, 11) is 0. The number of fused-ring (bicyclic) bond motifs is 5. The molecule has 9 heteroatoms. The molecule has 0 aromatic rings. The van der Waals surface area contributed by atoms with Crippen LogP contribution in [0, 0.1) is 51.8 Å². The van der Waals surface area contributed by atoms with Crippen LogP contribution in [0.3, 0.4) is 0 Å². The van der Waals surface area contributed by atoms with Gasteiger partial charge in [-0.25, -0.2) is 0 Å². The smallest absolute Gasteiger partial charge is 0.159 e. The van der Waals surface area contributed by atoms with Crippen molar-refractivity contribution >= 4 is 5.78 Å². The first-order chi connectivity index (χ1) is 25.5. The number of aliphatic hydroxyl groups excluding tert-OH is 2. The second-order valence-electron chi connectivity index (χ2n) is 21.0. The van der Waals surface area contributed by atoms with E-state index in [1.807, 2.05) is 13.0 Å². The predicted octanol–water partition coefficient (Wildman–Crippen LogP) is 5.92. The lowest BCUT2D eigenvalue weighted by molar-refractivity contribution is -0.171. The molecule has 9 nitrogen and oxygen atoms in total. The molecule has 6 fully saturated rings. The third kappa shape index (κ3) is 6.72. The van der Waals surface area contributed by atoms with Crippen molar-refractivity contribution < 1.29 is 35.1 Å². The van der Waals surface area contributed by atoms with Gasteiger partial charge in [0.1, 0.15) is 12.2 Å². The highest BCUT2D eigenvalue weighted by atomic mass is 16.6. The van der Waals surface area contributed by atoms with Crippen molar-refractivity contribution in [2.75, 3.05) is 13.2 Å². The minimum atomic E-state index is -1.40. The van der Waals surface area contributed by atoms with Gasteiger partial charge >= 0.3 is 0 Å². The Morgan fingerprint density at radius 3 is 2.37 bits per heavy atom. The molecular formula is C45H76N2O7. The van der Waals surface area contributed by atoms with Crippen molar-refractivity contribution in [2.45, 2.75) is 198 Å². The van der Waals surface area contributed by atoms with E-state index in [-0.39, 0.29) is 47.6 Å². The molecule has 308 valence electrons. The normalized spacial score (nSPS) is 45.9. The summed E-state index contributed by atoms with van der Waals surface area (Å²) in [4.78, 5) is 14.1. The molecule has 4 saturated carbocycles. The van der Waals surface area contributed by atoms with Gasteiger partial charge < -0.3 is 41.3 Å². The molecule has 0 radical (unpaired) electrons. The molecule has 5 aliphatic carbocycles. The fraction of sp³-hybridized carbons (Fsp3) is 0.933. The van der Waals surface area contributed by atoms with Crippen LogP contribution in [0.4, 0.5) is 0 Å². The van der Waals surface area contributed by atoms with E-state index in [4.69, 9.17) is 10.5 Å². The van der Waals surface area contributed by atoms with Crippen LogP contribution in [0.5, 0.6) is 0 Å². The highest BCUT2D eigenvalue weighted by Gasteiger charge is 2.74. The standard InChI is InChI=1S/C45H76N2O7/c1-6-18-44(52,39-38(54-39)43(5,51)40(2,27-48)19-14-29-17-22-47-36(46)23-29)35-16-21-45(53)33-25-34(50)32-24-31(49)15-20-41(32,3)37(33)30(26-42(35,45)4)13-12-28-10-8-7-9-11-28/h25,28-32,35-39,47-49,51-53H,6-24,26-27,46H2,1-5H3/t29?,30-,31-,32+,35+,36?,37+,38-,39+,40-,41-,42+,43-,44+,45-/m0/s1. The summed E-state index contributed by atoms with van der Waals surface area (Å²) in [6.45, 7) is 11.0. The Labute approximate surface area is 325 Å². The number of epoxide rings is 1. The van der Waals surface area contributed by atoms with Crippen molar-refractivity contribution in [3.8, 4) is 0 Å². The Morgan fingerprint density at radius 2 is 1.69 bits per heavy atom. The van der Waals surface area contributed by atoms with Gasteiger partial charge in [0.05, 0.1) is 35.7 Å². The number of rotatable bonds is 13. The fourth-order valence-corrected chi connectivity index (χ4v) is 14.2. The lowest BCUT2D eigenvalue weighted by atomic mass is 9.42. The summed E-state index contributed by atoms with van der Waals surface area (Å²) >= 11 is 0. The number of carbonyl (C=O) groups is 1. The van der Waals surface area contributed by atoms with Gasteiger partial charge in [0.2, 0.25) is 0 Å². The van der Waals surface area contributed by atoms with Gasteiger partial charge in [-0.15, -0.1) is 0 Å². The van der Waals surface area contributed by atoms with Gasteiger partial charge in [-0.3, -0.25) is 4.79 Å². The number of ether oxygens (including phenoxy) is 1. The fourth-order valence-electron chi connectivity index (χ4n) is 14.2. The Hall–Kier alpha value is -0.910. The third-order valence-electron chi connectivity index (χ3n) is 17.8. The molecule has 8 N–H and O–H groups in total. The maximum atomic E-state index is 14.1. The predicted molar refractivity (Wildman–Crippen MR) is 210 cm³/mol. The van der Waals surface area contributed by atoms with Gasteiger partial charge in [0.15, 0.2) is 5.78 Å². The SMILES string of the molecule is CCC[C@](O)([C@@H]1O[C@@H]1[C@](C)(O)[C@](C)(CO)CCC1CCNC(N)C1)[C@@H]1CC[C@]2(O)C3=CC(=O)[C@H]4C[C@@H](O)CC[C@]4(C)[C@@H]3[C@@H](CCC3CCCCC3)C[C@]12C. The highest BCUT2D eigenvalue weighted by molar-refractivity contribution is 5.95. The van der Waals surface area contributed by atoms with Crippen molar-refractivity contribution in [2.24, 2.45) is 57.5 Å². The Morgan fingerprint density at radius 1 is 0.944 bits per heavy atom. The van der Waals surface area contributed by atoms with Crippen molar-refractivity contribution in [3.63, 3.8) is 0 Å². The quantitative estimate of drug-likeness (QED) is 0.113. The number of aliphatic hydroxyl groups is 5. The van der Waals surface area contributed by atoms with Crippen LogP contribution in [0.25, 0.3) is 0 Å². The van der Waals surface area contributed by atoms with Crippen molar-refractivity contribution in [3.05, 3.63) is 11.6 Å². The molecule has 0 bridgehead atoms. The van der Waals surface area contributed by atoms with Crippen molar-refractivity contribution in [1.82, 2.24) is 5.32 Å². The number of nitrogens with two attached hydrogens (primary N) is 1. The van der Waals surface area contributed by atoms with E-state index >= 15 is 0 Å². The van der Waals surface area contributed by atoms with Gasteiger partial charge in [-0.05, 0) is 137 Å². The number of hydrogen-bond donors (Lipinski definition) is 7.